The summed E-state index contributed by atoms with van der Waals surface area (Å²) in [6.07, 6.45) is 46.1. The first-order valence-electron chi connectivity index (χ1n) is 44.6. The number of likely N-dealkylation sites (tertiary alicyclic amines) is 6. The maximum absolute atomic E-state index is 10.5. The summed E-state index contributed by atoms with van der Waals surface area (Å²) >= 11 is 0. The first kappa shape index (κ1) is 88.0. The first-order valence-corrected chi connectivity index (χ1v) is 44.6. The number of anilines is 6. The highest BCUT2D eigenvalue weighted by Crippen LogP contribution is 2.44. The normalized spacial score (nSPS) is 26.5. The molecule has 12 atom stereocenters. The number of β-amino-alcohol motifs (C(OH)–C–C–N with tert-alkyl or cyclic N) is 6. The van der Waals surface area contributed by atoms with Gasteiger partial charge in [-0.3, -0.25) is 29.4 Å². The summed E-state index contributed by atoms with van der Waals surface area (Å²) < 4.78 is 0. The van der Waals surface area contributed by atoms with Gasteiger partial charge in [-0.05, 0) is 121 Å². The van der Waals surface area contributed by atoms with E-state index in [1.807, 2.05) is 30.4 Å². The molecule has 0 amide bonds. The maximum atomic E-state index is 10.5. The minimum Gasteiger partial charge on any atom is -0.391 e. The Balaban J connectivity index is 0.000000111. The van der Waals surface area contributed by atoms with Crippen LogP contribution in [0.1, 0.15) is 137 Å². The van der Waals surface area contributed by atoms with Gasteiger partial charge in [0.1, 0.15) is 72.9 Å². The summed E-state index contributed by atoms with van der Waals surface area (Å²) in [5.74, 6) is 9.18. The van der Waals surface area contributed by atoms with Crippen molar-refractivity contribution >= 4 is 68.3 Å². The van der Waals surface area contributed by atoms with Crippen LogP contribution in [0.5, 0.6) is 0 Å². The van der Waals surface area contributed by atoms with Crippen molar-refractivity contribution < 1.29 is 30.6 Å². The zero-order valence-corrected chi connectivity index (χ0v) is 71.6. The van der Waals surface area contributed by atoms with Gasteiger partial charge < -0.3 is 65.0 Å². The molecule has 1 unspecified atom stereocenters. The Bertz CT molecular complexity index is 5260. The molecular formula is C95H122N24O6. The number of nitrogen functional groups attached to an aromatic ring is 6. The van der Waals surface area contributed by atoms with Crippen molar-refractivity contribution in [2.24, 2.45) is 41.4 Å². The van der Waals surface area contributed by atoms with Crippen LogP contribution >= 0.6 is 0 Å². The molecule has 8 aliphatic carbocycles. The summed E-state index contributed by atoms with van der Waals surface area (Å²) in [4.78, 5) is 64.2. The molecule has 30 nitrogen and oxygen atoms in total. The lowest BCUT2D eigenvalue weighted by atomic mass is 9.82. The molecule has 6 aromatic heterocycles. The van der Waals surface area contributed by atoms with E-state index in [1.165, 1.54) is 110 Å². The molecule has 0 bridgehead atoms. The minimum atomic E-state index is -0.429. The number of aromatic nitrogens is 12. The lowest BCUT2D eigenvalue weighted by Crippen LogP contribution is -2.24. The van der Waals surface area contributed by atoms with Crippen LogP contribution in [0.2, 0.25) is 0 Å². The second-order valence-electron chi connectivity index (χ2n) is 36.2. The van der Waals surface area contributed by atoms with E-state index in [-0.39, 0.29) is 48.3 Å². The van der Waals surface area contributed by atoms with Crippen molar-refractivity contribution in [3.63, 3.8) is 0 Å². The van der Waals surface area contributed by atoms with Crippen LogP contribution in [0, 0.1) is 53.8 Å². The number of terminal acetylenes is 1. The monoisotopic (exact) mass is 1690 g/mol. The third kappa shape index (κ3) is 20.6. The summed E-state index contributed by atoms with van der Waals surface area (Å²) in [5.41, 5.74) is 55.8. The number of rotatable bonds is 19. The molecule has 12 heterocycles. The topological polar surface area (TPSA) is 452 Å². The largest absolute Gasteiger partial charge is 0.391 e. The fraction of sp³-hybridized carbons (Fsp3) is 0.495. The molecule has 30 heteroatoms. The Morgan fingerprint density at radius 2 is 0.712 bits per heavy atom. The summed E-state index contributed by atoms with van der Waals surface area (Å²) in [6.45, 7) is 22.0. The Hall–Kier alpha value is -10.5. The number of benzene rings is 1. The predicted molar refractivity (Wildman–Crippen MR) is 488 cm³/mol. The van der Waals surface area contributed by atoms with E-state index in [0.29, 0.717) is 78.8 Å². The standard InChI is InChI=1S/C19H28N4O.C18H20N4O.2C15H20N4O.C14H18N4O.C14H16N4O/c20-19-16-7-6-14(18(16)21-12-22-19)9-23-10-15(17(24)11-23)8-13-4-2-1-3-5-13;19-18-14-7-6-13(17(14)20-11-21-18)8-22-9-15(16(23)10-22)12-4-2-1-3-5-12;16-15-11-4-3-10(14(11)17-8-18-15)5-19-6-12(9-1-2-9)13(20)7-19;1-2-3-10-6-19(8-13(10)20)7-11-4-5-12-14(11)17-9-18-15(12)16;2*1-2-9-5-18(7-12(9)19)6-10-3-4-11-13(10)16-8-17-14(11)15/h6,12-13,15,17,24H,1-5,7-11H2,(H2,20,21,22);1-6,11,15-16,23H,7-10H2,(H2,19,20,21);3,8-9,12-13,20H,1-2,4-7H2,(H2,16,17,18);2,4,9-10,13,20H,1,3,5-8H2,(H2,16,17,18);2-3,8-9,12,19H,1,4-7H2,(H2,15,16,17);1,3,8-9,12,19H,4-7H2,(H2,15,16,17)/t15?,17-;15-,16+;12-,13+;10-,13-;2*9-,12-/m011000/s1. The van der Waals surface area contributed by atoms with E-state index in [4.69, 9.17) is 40.8 Å². The lowest BCUT2D eigenvalue weighted by molar-refractivity contribution is 0.123. The number of aliphatic hydroxyl groups is 6. The fourth-order valence-electron chi connectivity index (χ4n) is 20.8. The molecule has 658 valence electrons. The van der Waals surface area contributed by atoms with Crippen molar-refractivity contribution in [2.45, 2.75) is 139 Å². The van der Waals surface area contributed by atoms with Gasteiger partial charge >= 0.3 is 0 Å². The van der Waals surface area contributed by atoms with E-state index < -0.39 is 6.10 Å². The molecule has 125 heavy (non-hydrogen) atoms. The summed E-state index contributed by atoms with van der Waals surface area (Å²) in [5, 5.41) is 60.9. The summed E-state index contributed by atoms with van der Waals surface area (Å²) in [6, 6.07) is 10.2. The quantitative estimate of drug-likeness (QED) is 0.0342. The zero-order chi connectivity index (χ0) is 86.9. The number of nitrogens with zero attached hydrogens (tertiary/aromatic N) is 18. The van der Waals surface area contributed by atoms with Crippen molar-refractivity contribution in [2.75, 3.05) is 152 Å². The molecular weight excluding hydrogens is 1570 g/mol. The third-order valence-electron chi connectivity index (χ3n) is 27.7. The molecule has 6 saturated heterocycles. The van der Waals surface area contributed by atoms with Gasteiger partial charge in [-0.2, -0.15) is 0 Å². The fourth-order valence-corrected chi connectivity index (χ4v) is 20.8. The molecule has 2 saturated carbocycles. The number of nitrogens with two attached hydrogens (primary N) is 6. The van der Waals surface area contributed by atoms with Gasteiger partial charge in [0.05, 0.1) is 76.7 Å². The highest BCUT2D eigenvalue weighted by atomic mass is 16.3. The number of hydrogen-bond donors (Lipinski definition) is 12. The van der Waals surface area contributed by atoms with Gasteiger partial charge in [-0.15, -0.1) is 19.6 Å². The molecule has 0 radical (unpaired) electrons. The minimum absolute atomic E-state index is 0.0723. The van der Waals surface area contributed by atoms with E-state index in [0.717, 1.165) is 222 Å². The van der Waals surface area contributed by atoms with Crippen molar-refractivity contribution in [3.8, 4) is 12.3 Å². The molecule has 21 rings (SSSR count). The molecule has 6 aliphatic heterocycles. The van der Waals surface area contributed by atoms with Crippen LogP contribution < -0.4 is 34.4 Å². The van der Waals surface area contributed by atoms with Gasteiger partial charge in [0, 0.05) is 175 Å². The van der Waals surface area contributed by atoms with Crippen LogP contribution in [-0.4, -0.2) is 274 Å². The molecule has 18 N–H and O–H groups in total. The van der Waals surface area contributed by atoms with Crippen molar-refractivity contribution in [1.29, 1.82) is 0 Å². The van der Waals surface area contributed by atoms with Gasteiger partial charge in [-0.1, -0.05) is 117 Å². The predicted octanol–water partition coefficient (Wildman–Crippen LogP) is 5.69. The van der Waals surface area contributed by atoms with Gasteiger partial charge in [0.15, 0.2) is 0 Å². The molecule has 7 aromatic rings. The van der Waals surface area contributed by atoms with E-state index >= 15 is 0 Å². The highest BCUT2D eigenvalue weighted by molar-refractivity contribution is 5.79. The molecule has 0 spiro atoms. The number of allylic oxidation sites excluding steroid dienone is 7. The second-order valence-corrected chi connectivity index (χ2v) is 36.2. The van der Waals surface area contributed by atoms with Crippen LogP contribution in [0.3, 0.4) is 0 Å². The second kappa shape index (κ2) is 40.0. The zero-order valence-electron chi connectivity index (χ0n) is 71.6. The summed E-state index contributed by atoms with van der Waals surface area (Å²) in [7, 11) is 0. The number of hydrogen-bond acceptors (Lipinski definition) is 30. The smallest absolute Gasteiger partial charge is 0.130 e. The maximum Gasteiger partial charge on any atom is 0.130 e. The van der Waals surface area contributed by atoms with Crippen LogP contribution in [0.4, 0.5) is 34.9 Å². The molecule has 1 aromatic carbocycles. The van der Waals surface area contributed by atoms with Crippen molar-refractivity contribution in [1.82, 2.24) is 89.2 Å². The number of fused-ring (bicyclic) bond motifs is 6. The average Bonchev–Trinajstić information content (AvgIpc) is 1.15. The van der Waals surface area contributed by atoms with Crippen LogP contribution in [0.15, 0.2) is 130 Å². The van der Waals surface area contributed by atoms with Crippen LogP contribution in [-0.2, 0) is 38.5 Å². The Kier molecular flexibility index (Phi) is 28.1. The molecule has 8 fully saturated rings. The Morgan fingerprint density at radius 1 is 0.368 bits per heavy atom. The Labute approximate surface area is 732 Å². The third-order valence-corrected chi connectivity index (χ3v) is 27.7. The average molecular weight is 1700 g/mol. The SMILES string of the molecule is C#C[C@H]1CN(CC2=CCc3c(N)ncnc32)C[C@@H]1O.C=CC[C@H]1CN(CC2=CCc3c(N)ncnc32)C[C@@H]1O.C=C[C@H]1CN(CC2=CCc3c(N)ncnc32)C[C@@H]1O.Nc1ncnc2c1CC=C2CN1CC(CC2CCCCC2)[C@@H](O)C1.Nc1ncnc2c1CC=C2CN1C[C@H](C2CC2)[C@@H](O)C1.Nc1ncnc2c1CC=C2CN1C[C@H](c2ccccc2)[C@@H](O)C1. The van der Waals surface area contributed by atoms with Gasteiger partial charge in [0.2, 0.25) is 0 Å². The van der Waals surface area contributed by atoms with E-state index in [1.54, 1.807) is 12.7 Å². The van der Waals surface area contributed by atoms with Gasteiger partial charge in [-0.25, -0.2) is 59.8 Å². The Morgan fingerprint density at radius 3 is 1.09 bits per heavy atom. The lowest BCUT2D eigenvalue weighted by Gasteiger charge is -2.25. The van der Waals surface area contributed by atoms with Crippen LogP contribution in [0.25, 0.3) is 33.4 Å². The molecule has 14 aliphatic rings. The van der Waals surface area contributed by atoms with E-state index in [2.05, 4.69) is 157 Å². The van der Waals surface area contributed by atoms with E-state index in [9.17, 15) is 30.6 Å². The highest BCUT2D eigenvalue weighted by Gasteiger charge is 2.43. The van der Waals surface area contributed by atoms with Gasteiger partial charge in [0.25, 0.3) is 0 Å². The number of aliphatic hydroxyl groups excluding tert-OH is 6. The first-order chi connectivity index (χ1) is 60.7. The van der Waals surface area contributed by atoms with Crippen molar-refractivity contribution in [3.05, 3.63) is 203 Å².